The average Bonchev–Trinajstić information content (AvgIpc) is 2.99. The lowest BCUT2D eigenvalue weighted by Crippen LogP contribution is -2.23. The number of aromatic nitrogens is 3. The molecule has 0 aliphatic heterocycles. The van der Waals surface area contributed by atoms with Gasteiger partial charge in [-0.1, -0.05) is 24.3 Å². The van der Waals surface area contributed by atoms with Gasteiger partial charge in [0.2, 0.25) is 0 Å². The summed E-state index contributed by atoms with van der Waals surface area (Å²) in [6, 6.07) is 11.3. The van der Waals surface area contributed by atoms with Gasteiger partial charge in [0.25, 0.3) is 5.91 Å². The largest absolute Gasteiger partial charge is 0.460 e. The highest BCUT2D eigenvalue weighted by atomic mass is 16.3. The molecule has 1 aromatic carbocycles. The lowest BCUT2D eigenvalue weighted by Gasteiger charge is -2.00. The zero-order valence-corrected chi connectivity index (χ0v) is 13.2. The molecule has 2 heterocycles. The molecule has 24 heavy (non-hydrogen) atoms. The van der Waals surface area contributed by atoms with Crippen molar-refractivity contribution in [1.29, 1.82) is 0 Å². The summed E-state index contributed by atoms with van der Waals surface area (Å²) < 4.78 is 7.24. The van der Waals surface area contributed by atoms with Crippen molar-refractivity contribution in [3.63, 3.8) is 0 Å². The fourth-order valence-corrected chi connectivity index (χ4v) is 2.73. The third-order valence-electron chi connectivity index (χ3n) is 4.22. The molecule has 1 N–H and O–H groups in total. The van der Waals surface area contributed by atoms with E-state index in [9.17, 15) is 4.79 Å². The van der Waals surface area contributed by atoms with Crippen LogP contribution in [0.2, 0.25) is 0 Å². The molecule has 7 nitrogen and oxygen atoms in total. The quantitative estimate of drug-likeness (QED) is 0.576. The van der Waals surface area contributed by atoms with Crippen LogP contribution < -0.4 is 5.43 Å². The monoisotopic (exact) mass is 323 g/mol. The Hall–Kier alpha value is -2.96. The minimum Gasteiger partial charge on any atom is -0.460 e. The molecule has 0 bridgehead atoms. The van der Waals surface area contributed by atoms with Gasteiger partial charge in [-0.15, -0.1) is 5.10 Å². The van der Waals surface area contributed by atoms with E-state index >= 15 is 0 Å². The zero-order valence-electron chi connectivity index (χ0n) is 13.2. The molecule has 0 spiro atoms. The minimum atomic E-state index is -0.274. The summed E-state index contributed by atoms with van der Waals surface area (Å²) in [5, 5.41) is 11.9. The Morgan fingerprint density at radius 1 is 1.42 bits per heavy atom. The van der Waals surface area contributed by atoms with Gasteiger partial charge in [-0.2, -0.15) is 5.10 Å². The summed E-state index contributed by atoms with van der Waals surface area (Å²) in [5.41, 5.74) is 4.05. The molecule has 1 aliphatic carbocycles. The highest BCUT2D eigenvalue weighted by Crippen LogP contribution is 2.47. The maximum Gasteiger partial charge on any atom is 0.261 e. The van der Waals surface area contributed by atoms with E-state index < -0.39 is 0 Å². The van der Waals surface area contributed by atoms with Crippen LogP contribution in [0.5, 0.6) is 0 Å². The molecule has 1 fully saturated rings. The summed E-state index contributed by atoms with van der Waals surface area (Å²) in [5.74, 6) is 2.57. The molecule has 0 unspecified atom stereocenters. The second kappa shape index (κ2) is 5.92. The number of fused-ring (bicyclic) bond motifs is 1. The number of hydrogen-bond donors (Lipinski definition) is 1. The summed E-state index contributed by atoms with van der Waals surface area (Å²) in [7, 11) is 0. The van der Waals surface area contributed by atoms with Crippen LogP contribution in [0.4, 0.5) is 0 Å². The highest BCUT2D eigenvalue weighted by Gasteiger charge is 2.36. The fraction of sp³-hybridized carbons (Fsp3) is 0.294. The van der Waals surface area contributed by atoms with E-state index in [1.54, 1.807) is 4.68 Å². The number of amides is 1. The molecule has 122 valence electrons. The van der Waals surface area contributed by atoms with Crippen molar-refractivity contribution in [3.8, 4) is 0 Å². The van der Waals surface area contributed by atoms with E-state index in [1.807, 2.05) is 36.4 Å². The summed E-state index contributed by atoms with van der Waals surface area (Å²) in [6.07, 6.45) is 2.68. The van der Waals surface area contributed by atoms with Gasteiger partial charge in [-0.3, -0.25) is 4.79 Å². The van der Waals surface area contributed by atoms with Gasteiger partial charge in [-0.05, 0) is 36.6 Å². The molecular formula is C17H17N5O2. The van der Waals surface area contributed by atoms with Crippen LogP contribution in [0.1, 0.15) is 30.8 Å². The van der Waals surface area contributed by atoms with Gasteiger partial charge >= 0.3 is 0 Å². The first-order chi connectivity index (χ1) is 11.7. The number of para-hydroxylation sites is 1. The number of rotatable bonds is 5. The second-order valence-corrected chi connectivity index (χ2v) is 6.09. The van der Waals surface area contributed by atoms with Crippen molar-refractivity contribution in [2.24, 2.45) is 11.0 Å². The standard InChI is InChI=1S/C17H17N5O2/c1-11-8-13(11)16-7-6-12(24-16)9-18-20-17(23)10-22-15-5-3-2-4-14(15)19-21-22/h2-7,9,11,13H,8,10H2,1H3,(H,20,23)/b18-9-/t11-,13+/m1/s1. The number of nitrogens with zero attached hydrogens (tertiary/aromatic N) is 4. The van der Waals surface area contributed by atoms with E-state index in [1.165, 1.54) is 12.6 Å². The minimum absolute atomic E-state index is 0.0564. The smallest absolute Gasteiger partial charge is 0.261 e. The number of hydrogen-bond acceptors (Lipinski definition) is 5. The number of hydrazone groups is 1. The highest BCUT2D eigenvalue weighted by molar-refractivity contribution is 5.81. The molecule has 7 heteroatoms. The molecule has 0 saturated heterocycles. The molecule has 1 saturated carbocycles. The van der Waals surface area contributed by atoms with Gasteiger partial charge in [0.05, 0.1) is 11.7 Å². The fourth-order valence-electron chi connectivity index (χ4n) is 2.73. The van der Waals surface area contributed by atoms with Gasteiger partial charge in [0.15, 0.2) is 0 Å². The van der Waals surface area contributed by atoms with Gasteiger partial charge in [0.1, 0.15) is 23.6 Å². The van der Waals surface area contributed by atoms with E-state index in [2.05, 4.69) is 27.8 Å². The number of furan rings is 1. The maximum atomic E-state index is 12.0. The molecular weight excluding hydrogens is 306 g/mol. The number of nitrogens with one attached hydrogen (secondary N) is 1. The van der Waals surface area contributed by atoms with Crippen molar-refractivity contribution >= 4 is 23.2 Å². The van der Waals surface area contributed by atoms with Crippen molar-refractivity contribution < 1.29 is 9.21 Å². The Balaban J connectivity index is 1.35. The van der Waals surface area contributed by atoms with Crippen LogP contribution in [0.3, 0.4) is 0 Å². The molecule has 0 radical (unpaired) electrons. The van der Waals surface area contributed by atoms with Gasteiger partial charge < -0.3 is 4.42 Å². The van der Waals surface area contributed by atoms with Crippen molar-refractivity contribution in [3.05, 3.63) is 47.9 Å². The molecule has 2 atom stereocenters. The lowest BCUT2D eigenvalue weighted by molar-refractivity contribution is -0.121. The molecule has 1 aliphatic rings. The lowest BCUT2D eigenvalue weighted by atomic mass is 10.3. The SMILES string of the molecule is C[C@@H]1C[C@@H]1c1ccc(/C=N\NC(=O)Cn2nnc3ccccc32)o1. The summed E-state index contributed by atoms with van der Waals surface area (Å²) in [4.78, 5) is 12.0. The van der Waals surface area contributed by atoms with Crippen LogP contribution >= 0.6 is 0 Å². The summed E-state index contributed by atoms with van der Waals surface area (Å²) >= 11 is 0. The van der Waals surface area contributed by atoms with E-state index in [0.29, 0.717) is 17.6 Å². The van der Waals surface area contributed by atoms with Crippen LogP contribution in [0, 0.1) is 5.92 Å². The normalized spacial score (nSPS) is 19.9. The zero-order chi connectivity index (χ0) is 16.5. The predicted molar refractivity (Wildman–Crippen MR) is 88.5 cm³/mol. The van der Waals surface area contributed by atoms with Gasteiger partial charge in [-0.25, -0.2) is 10.1 Å². The van der Waals surface area contributed by atoms with E-state index in [4.69, 9.17) is 4.42 Å². The molecule has 1 amide bonds. The second-order valence-electron chi connectivity index (χ2n) is 6.09. The van der Waals surface area contributed by atoms with Crippen molar-refractivity contribution in [2.45, 2.75) is 25.8 Å². The van der Waals surface area contributed by atoms with Crippen molar-refractivity contribution in [2.75, 3.05) is 0 Å². The van der Waals surface area contributed by atoms with Crippen LogP contribution in [-0.2, 0) is 11.3 Å². The number of benzene rings is 1. The Morgan fingerprint density at radius 2 is 2.25 bits per heavy atom. The topological polar surface area (TPSA) is 85.3 Å². The molecule has 3 aromatic rings. The molecule has 4 rings (SSSR count). The Labute approximate surface area is 138 Å². The maximum absolute atomic E-state index is 12.0. The predicted octanol–water partition coefficient (Wildman–Crippen LogP) is 2.30. The first-order valence-corrected chi connectivity index (χ1v) is 7.90. The first-order valence-electron chi connectivity index (χ1n) is 7.90. The Morgan fingerprint density at radius 3 is 3.08 bits per heavy atom. The summed E-state index contributed by atoms with van der Waals surface area (Å²) in [6.45, 7) is 2.26. The first kappa shape index (κ1) is 14.6. The van der Waals surface area contributed by atoms with Crippen LogP contribution in [0.25, 0.3) is 11.0 Å². The Kier molecular flexibility index (Phi) is 3.60. The average molecular weight is 323 g/mol. The van der Waals surface area contributed by atoms with E-state index in [0.717, 1.165) is 16.8 Å². The molecule has 2 aromatic heterocycles. The van der Waals surface area contributed by atoms with E-state index in [-0.39, 0.29) is 12.5 Å². The third kappa shape index (κ3) is 2.92. The van der Waals surface area contributed by atoms with Crippen LogP contribution in [0.15, 0.2) is 45.9 Å². The number of carbonyl (C=O) groups excluding carboxylic acids is 1. The number of carbonyl (C=O) groups is 1. The Bertz CT molecular complexity index is 910. The van der Waals surface area contributed by atoms with Gasteiger partial charge in [0, 0.05) is 5.92 Å². The van der Waals surface area contributed by atoms with Crippen molar-refractivity contribution in [1.82, 2.24) is 20.4 Å². The van der Waals surface area contributed by atoms with Crippen LogP contribution in [-0.4, -0.2) is 27.1 Å². The third-order valence-corrected chi connectivity index (χ3v) is 4.22.